The lowest BCUT2D eigenvalue weighted by molar-refractivity contribution is 0.311. The molecule has 0 aliphatic carbocycles. The Balaban J connectivity index is 2.03. The van der Waals surface area contributed by atoms with E-state index in [0.717, 1.165) is 11.4 Å². The first-order chi connectivity index (χ1) is 9.08. The van der Waals surface area contributed by atoms with Crippen LogP contribution in [-0.2, 0) is 13.5 Å². The van der Waals surface area contributed by atoms with Crippen LogP contribution in [-0.4, -0.2) is 16.2 Å². The molecule has 1 atom stereocenters. The third-order valence-corrected chi connectivity index (χ3v) is 2.97. The van der Waals surface area contributed by atoms with Crippen molar-refractivity contribution < 1.29 is 9.13 Å². The number of ether oxygens (including phenoxy) is 1. The van der Waals surface area contributed by atoms with Crippen LogP contribution in [0.3, 0.4) is 0 Å². The van der Waals surface area contributed by atoms with Gasteiger partial charge in [-0.05, 0) is 13.0 Å². The van der Waals surface area contributed by atoms with Crippen LogP contribution in [0.25, 0.3) is 0 Å². The van der Waals surface area contributed by atoms with Crippen molar-refractivity contribution in [3.63, 3.8) is 0 Å². The molecule has 19 heavy (non-hydrogen) atoms. The first-order valence-corrected chi connectivity index (χ1v) is 6.22. The van der Waals surface area contributed by atoms with Crippen LogP contribution in [0.4, 0.5) is 4.39 Å². The van der Waals surface area contributed by atoms with Crippen LogP contribution in [0.5, 0.6) is 5.75 Å². The van der Waals surface area contributed by atoms with E-state index in [2.05, 4.69) is 4.98 Å². The lowest BCUT2D eigenvalue weighted by atomic mass is 10.1. The lowest BCUT2D eigenvalue weighted by Gasteiger charge is -2.14. The molecule has 0 bridgehead atoms. The van der Waals surface area contributed by atoms with Crippen molar-refractivity contribution in [1.82, 2.24) is 9.55 Å². The van der Waals surface area contributed by atoms with Gasteiger partial charge in [-0.15, -0.1) is 0 Å². The number of benzene rings is 1. The maximum absolute atomic E-state index is 13.2. The number of nitrogens with zero attached hydrogens (tertiary/aromatic N) is 2. The Morgan fingerprint density at radius 3 is 2.89 bits per heavy atom. The van der Waals surface area contributed by atoms with E-state index >= 15 is 0 Å². The second-order valence-corrected chi connectivity index (χ2v) is 4.52. The standard InChI is InChI=1S/C14H18FN3O/c1-10(16)12-4-3-11(15)9-13(12)19-8-5-14-17-6-7-18(14)2/h3-4,6-7,9-10H,5,8,16H2,1-2H3/t10-/m1/s1. The number of halogens is 1. The predicted octanol–water partition coefficient (Wildman–Crippen LogP) is 2.20. The summed E-state index contributed by atoms with van der Waals surface area (Å²) in [5, 5.41) is 0. The Morgan fingerprint density at radius 1 is 1.47 bits per heavy atom. The highest BCUT2D eigenvalue weighted by Gasteiger charge is 2.10. The van der Waals surface area contributed by atoms with Gasteiger partial charge in [-0.1, -0.05) is 6.07 Å². The van der Waals surface area contributed by atoms with Crippen molar-refractivity contribution in [3.8, 4) is 5.75 Å². The molecule has 4 nitrogen and oxygen atoms in total. The molecule has 2 N–H and O–H groups in total. The molecule has 2 rings (SSSR count). The Labute approximate surface area is 112 Å². The molecule has 1 aromatic heterocycles. The molecule has 1 heterocycles. The van der Waals surface area contributed by atoms with Crippen molar-refractivity contribution in [2.75, 3.05) is 6.61 Å². The zero-order chi connectivity index (χ0) is 13.8. The molecule has 0 unspecified atom stereocenters. The van der Waals surface area contributed by atoms with Gasteiger partial charge >= 0.3 is 0 Å². The highest BCUT2D eigenvalue weighted by Crippen LogP contribution is 2.24. The maximum atomic E-state index is 13.2. The number of aromatic nitrogens is 2. The molecule has 0 amide bonds. The topological polar surface area (TPSA) is 53.1 Å². The summed E-state index contributed by atoms with van der Waals surface area (Å²) in [6.07, 6.45) is 4.29. The molecular formula is C14H18FN3O. The van der Waals surface area contributed by atoms with Crippen LogP contribution in [0.15, 0.2) is 30.6 Å². The number of hydrogen-bond acceptors (Lipinski definition) is 3. The number of rotatable bonds is 5. The van der Waals surface area contributed by atoms with Crippen LogP contribution < -0.4 is 10.5 Å². The monoisotopic (exact) mass is 263 g/mol. The Bertz CT molecular complexity index is 551. The minimum absolute atomic E-state index is 0.191. The van der Waals surface area contributed by atoms with Gasteiger partial charge in [-0.3, -0.25) is 0 Å². The predicted molar refractivity (Wildman–Crippen MR) is 71.4 cm³/mol. The van der Waals surface area contributed by atoms with Crippen LogP contribution >= 0.6 is 0 Å². The molecule has 0 spiro atoms. The molecule has 0 aliphatic rings. The van der Waals surface area contributed by atoms with E-state index in [1.54, 1.807) is 12.3 Å². The van der Waals surface area contributed by atoms with Gasteiger partial charge in [0.05, 0.1) is 6.61 Å². The van der Waals surface area contributed by atoms with E-state index in [4.69, 9.17) is 10.5 Å². The van der Waals surface area contributed by atoms with Gasteiger partial charge in [-0.25, -0.2) is 9.37 Å². The van der Waals surface area contributed by atoms with E-state index in [-0.39, 0.29) is 11.9 Å². The minimum Gasteiger partial charge on any atom is -0.493 e. The van der Waals surface area contributed by atoms with E-state index < -0.39 is 0 Å². The highest BCUT2D eigenvalue weighted by molar-refractivity contribution is 5.36. The molecule has 0 fully saturated rings. The third-order valence-electron chi connectivity index (χ3n) is 2.97. The minimum atomic E-state index is -0.323. The summed E-state index contributed by atoms with van der Waals surface area (Å²) in [5.74, 6) is 1.11. The third kappa shape index (κ3) is 3.32. The average Bonchev–Trinajstić information content (AvgIpc) is 2.75. The van der Waals surface area contributed by atoms with Crippen molar-refractivity contribution in [3.05, 3.63) is 47.8 Å². The Hall–Kier alpha value is -1.88. The summed E-state index contributed by atoms with van der Waals surface area (Å²) in [5.41, 5.74) is 6.64. The molecular weight excluding hydrogens is 245 g/mol. The number of aryl methyl sites for hydroxylation is 1. The van der Waals surface area contributed by atoms with Gasteiger partial charge in [0.2, 0.25) is 0 Å². The fourth-order valence-corrected chi connectivity index (χ4v) is 1.90. The zero-order valence-corrected chi connectivity index (χ0v) is 11.1. The molecule has 0 aliphatic heterocycles. The van der Waals surface area contributed by atoms with Gasteiger partial charge in [0.1, 0.15) is 17.4 Å². The summed E-state index contributed by atoms with van der Waals surface area (Å²) >= 11 is 0. The molecule has 0 radical (unpaired) electrons. The quantitative estimate of drug-likeness (QED) is 0.899. The highest BCUT2D eigenvalue weighted by atomic mass is 19.1. The first-order valence-electron chi connectivity index (χ1n) is 6.22. The van der Waals surface area contributed by atoms with Crippen LogP contribution in [0.2, 0.25) is 0 Å². The summed E-state index contributed by atoms with van der Waals surface area (Å²) in [6.45, 7) is 2.28. The second-order valence-electron chi connectivity index (χ2n) is 4.52. The van der Waals surface area contributed by atoms with Crippen molar-refractivity contribution >= 4 is 0 Å². The number of nitrogens with two attached hydrogens (primary N) is 1. The summed E-state index contributed by atoms with van der Waals surface area (Å²) < 4.78 is 20.8. The number of hydrogen-bond donors (Lipinski definition) is 1. The van der Waals surface area contributed by atoms with E-state index in [0.29, 0.717) is 18.8 Å². The fraction of sp³-hybridized carbons (Fsp3) is 0.357. The fourth-order valence-electron chi connectivity index (χ4n) is 1.90. The van der Waals surface area contributed by atoms with Gasteiger partial charge in [0, 0.05) is 43.5 Å². The summed E-state index contributed by atoms with van der Waals surface area (Å²) in [4.78, 5) is 4.21. The van der Waals surface area contributed by atoms with Crippen LogP contribution in [0, 0.1) is 5.82 Å². The Morgan fingerprint density at radius 2 is 2.26 bits per heavy atom. The lowest BCUT2D eigenvalue weighted by Crippen LogP contribution is -2.11. The van der Waals surface area contributed by atoms with E-state index in [1.165, 1.54) is 12.1 Å². The molecule has 2 aromatic rings. The van der Waals surface area contributed by atoms with E-state index in [9.17, 15) is 4.39 Å². The van der Waals surface area contributed by atoms with Gasteiger partial charge in [-0.2, -0.15) is 0 Å². The average molecular weight is 263 g/mol. The molecule has 5 heteroatoms. The molecule has 0 saturated heterocycles. The van der Waals surface area contributed by atoms with Crippen molar-refractivity contribution in [1.29, 1.82) is 0 Å². The number of imidazole rings is 1. The molecule has 0 saturated carbocycles. The second kappa shape index (κ2) is 5.84. The van der Waals surface area contributed by atoms with Gasteiger partial charge in [0.25, 0.3) is 0 Å². The van der Waals surface area contributed by atoms with Gasteiger partial charge in [0.15, 0.2) is 0 Å². The smallest absolute Gasteiger partial charge is 0.126 e. The summed E-state index contributed by atoms with van der Waals surface area (Å²) in [7, 11) is 1.93. The summed E-state index contributed by atoms with van der Waals surface area (Å²) in [6, 6.07) is 4.24. The first kappa shape index (κ1) is 13.5. The largest absolute Gasteiger partial charge is 0.493 e. The van der Waals surface area contributed by atoms with E-state index in [1.807, 2.05) is 24.7 Å². The van der Waals surface area contributed by atoms with Crippen LogP contribution in [0.1, 0.15) is 24.4 Å². The van der Waals surface area contributed by atoms with Crippen molar-refractivity contribution in [2.24, 2.45) is 12.8 Å². The maximum Gasteiger partial charge on any atom is 0.126 e. The zero-order valence-electron chi connectivity index (χ0n) is 11.1. The van der Waals surface area contributed by atoms with Gasteiger partial charge < -0.3 is 15.0 Å². The van der Waals surface area contributed by atoms with Crippen molar-refractivity contribution in [2.45, 2.75) is 19.4 Å². The molecule has 102 valence electrons. The normalized spacial score (nSPS) is 12.4. The SMILES string of the molecule is C[C@@H](N)c1ccc(F)cc1OCCc1nccn1C. The molecule has 1 aromatic carbocycles. The Kier molecular flexibility index (Phi) is 4.16.